The van der Waals surface area contributed by atoms with Crippen molar-refractivity contribution in [2.24, 2.45) is 0 Å². The molecule has 0 aliphatic heterocycles. The van der Waals surface area contributed by atoms with E-state index in [4.69, 9.17) is 0 Å². The quantitative estimate of drug-likeness (QED) is 0.563. The number of aromatic amines is 1. The maximum atomic E-state index is 12.6. The predicted molar refractivity (Wildman–Crippen MR) is 99.8 cm³/mol. The minimum Gasteiger partial charge on any atom is -0.345 e. The Labute approximate surface area is 155 Å². The fraction of sp³-hybridized carbons (Fsp3) is 0.278. The number of nitrogens with zero attached hydrogens (tertiary/aromatic N) is 4. The van der Waals surface area contributed by atoms with E-state index < -0.39 is 10.0 Å². The zero-order chi connectivity index (χ0) is 18.4. The minimum absolute atomic E-state index is 0.115. The number of nitrogens with one attached hydrogen (secondary N) is 2. The van der Waals surface area contributed by atoms with Crippen molar-refractivity contribution < 1.29 is 8.42 Å². The van der Waals surface area contributed by atoms with Gasteiger partial charge in [-0.15, -0.1) is 10.2 Å². The van der Waals surface area contributed by atoms with Gasteiger partial charge in [0.15, 0.2) is 11.3 Å². The second-order valence-electron chi connectivity index (χ2n) is 6.86. The molecule has 1 aromatic carbocycles. The molecule has 1 aliphatic carbocycles. The Kier molecular flexibility index (Phi) is 3.73. The Morgan fingerprint density at radius 3 is 2.81 bits per heavy atom. The van der Waals surface area contributed by atoms with E-state index in [0.717, 1.165) is 29.8 Å². The van der Waals surface area contributed by atoms with Gasteiger partial charge >= 0.3 is 0 Å². The molecule has 5 rings (SSSR count). The van der Waals surface area contributed by atoms with Crippen molar-refractivity contribution >= 4 is 26.8 Å². The van der Waals surface area contributed by atoms with Gasteiger partial charge in [0.05, 0.1) is 16.6 Å². The summed E-state index contributed by atoms with van der Waals surface area (Å²) in [5.74, 6) is 1.00. The standard InChI is InChI=1S/C18H18N6O2S/c25-27(26,14-4-2-1-3-5-14)23-13-7-6-12(10-13)18-22-21-16-11-20-17-15(24(16)18)8-9-19-17/h1-5,8-9,11-13,19,23H,6-7,10H2/t12-,13+/m1/s1. The van der Waals surface area contributed by atoms with Crippen LogP contribution >= 0.6 is 0 Å². The van der Waals surface area contributed by atoms with Gasteiger partial charge in [-0.3, -0.25) is 4.40 Å². The van der Waals surface area contributed by atoms with Crippen LogP contribution in [0.4, 0.5) is 0 Å². The normalized spacial score (nSPS) is 20.6. The highest BCUT2D eigenvalue weighted by Crippen LogP contribution is 2.35. The van der Waals surface area contributed by atoms with Crippen LogP contribution in [0.5, 0.6) is 0 Å². The van der Waals surface area contributed by atoms with E-state index in [9.17, 15) is 8.42 Å². The van der Waals surface area contributed by atoms with Gasteiger partial charge in [-0.1, -0.05) is 18.2 Å². The summed E-state index contributed by atoms with van der Waals surface area (Å²) in [5.41, 5.74) is 2.41. The number of rotatable bonds is 4. The topological polar surface area (TPSA) is 105 Å². The van der Waals surface area contributed by atoms with E-state index in [1.54, 1.807) is 36.5 Å². The van der Waals surface area contributed by atoms with Crippen LogP contribution in [0.3, 0.4) is 0 Å². The van der Waals surface area contributed by atoms with E-state index in [1.807, 2.05) is 16.7 Å². The van der Waals surface area contributed by atoms with Gasteiger partial charge in [0, 0.05) is 18.2 Å². The smallest absolute Gasteiger partial charge is 0.240 e. The second kappa shape index (κ2) is 6.14. The Balaban J connectivity index is 1.42. The lowest BCUT2D eigenvalue weighted by Crippen LogP contribution is -2.32. The number of aromatic nitrogens is 5. The highest BCUT2D eigenvalue weighted by Gasteiger charge is 2.32. The largest absolute Gasteiger partial charge is 0.345 e. The molecule has 2 N–H and O–H groups in total. The molecule has 0 unspecified atom stereocenters. The Bertz CT molecular complexity index is 1210. The maximum absolute atomic E-state index is 12.6. The number of benzene rings is 1. The lowest BCUT2D eigenvalue weighted by atomic mass is 10.1. The average Bonchev–Trinajstić information content (AvgIpc) is 3.40. The fourth-order valence-corrected chi connectivity index (χ4v) is 5.18. The van der Waals surface area contributed by atoms with Crippen LogP contribution in [0.15, 0.2) is 53.7 Å². The van der Waals surface area contributed by atoms with Crippen LogP contribution in [0.25, 0.3) is 16.8 Å². The minimum atomic E-state index is -3.51. The fourth-order valence-electron chi connectivity index (χ4n) is 3.87. The molecule has 4 aromatic rings. The van der Waals surface area contributed by atoms with Gasteiger partial charge in [0.1, 0.15) is 5.82 Å². The number of hydrogen-bond donors (Lipinski definition) is 2. The van der Waals surface area contributed by atoms with Crippen molar-refractivity contribution in [3.05, 3.63) is 54.6 Å². The molecular weight excluding hydrogens is 364 g/mol. The summed E-state index contributed by atoms with van der Waals surface area (Å²) in [7, 11) is -3.51. The Morgan fingerprint density at radius 1 is 1.11 bits per heavy atom. The summed E-state index contributed by atoms with van der Waals surface area (Å²) in [5, 5.41) is 8.62. The van der Waals surface area contributed by atoms with Crippen molar-refractivity contribution in [3.63, 3.8) is 0 Å². The molecule has 3 heterocycles. The van der Waals surface area contributed by atoms with Gasteiger partial charge in [-0.05, 0) is 37.5 Å². The molecule has 1 saturated carbocycles. The SMILES string of the molecule is O=S(=O)(N[C@H]1CC[C@@H](c2nnc3cnc4[nH]ccc4n23)C1)c1ccccc1. The molecule has 1 fully saturated rings. The van der Waals surface area contributed by atoms with Crippen molar-refractivity contribution in [3.8, 4) is 0 Å². The predicted octanol–water partition coefficient (Wildman–Crippen LogP) is 2.22. The lowest BCUT2D eigenvalue weighted by Gasteiger charge is -2.13. The summed E-state index contributed by atoms with van der Waals surface area (Å²) in [6, 6.07) is 10.3. The van der Waals surface area contributed by atoms with E-state index in [2.05, 4.69) is 24.9 Å². The number of sulfonamides is 1. The third kappa shape index (κ3) is 2.79. The summed E-state index contributed by atoms with van der Waals surface area (Å²) in [4.78, 5) is 7.73. The molecule has 27 heavy (non-hydrogen) atoms. The highest BCUT2D eigenvalue weighted by molar-refractivity contribution is 7.89. The molecular formula is C18H18N6O2S. The van der Waals surface area contributed by atoms with Crippen LogP contribution in [0.2, 0.25) is 0 Å². The van der Waals surface area contributed by atoms with E-state index >= 15 is 0 Å². The first-order valence-corrected chi connectivity index (χ1v) is 10.3. The van der Waals surface area contributed by atoms with Crippen LogP contribution in [-0.2, 0) is 10.0 Å². The average molecular weight is 382 g/mol. The van der Waals surface area contributed by atoms with Crippen molar-refractivity contribution in [1.29, 1.82) is 0 Å². The molecule has 9 heteroatoms. The van der Waals surface area contributed by atoms with Gasteiger partial charge in [-0.2, -0.15) is 0 Å². The molecule has 138 valence electrons. The molecule has 0 radical (unpaired) electrons. The van der Waals surface area contributed by atoms with E-state index in [1.165, 1.54) is 0 Å². The number of H-pyrrole nitrogens is 1. The third-order valence-corrected chi connectivity index (χ3v) is 6.68. The van der Waals surface area contributed by atoms with Gasteiger partial charge in [0.25, 0.3) is 0 Å². The van der Waals surface area contributed by atoms with Crippen molar-refractivity contribution in [2.45, 2.75) is 36.1 Å². The van der Waals surface area contributed by atoms with Gasteiger partial charge < -0.3 is 4.98 Å². The summed E-state index contributed by atoms with van der Waals surface area (Å²) < 4.78 is 30.0. The summed E-state index contributed by atoms with van der Waals surface area (Å²) >= 11 is 0. The van der Waals surface area contributed by atoms with Crippen LogP contribution in [0.1, 0.15) is 31.0 Å². The Morgan fingerprint density at radius 2 is 1.96 bits per heavy atom. The highest BCUT2D eigenvalue weighted by atomic mass is 32.2. The first-order valence-electron chi connectivity index (χ1n) is 8.86. The van der Waals surface area contributed by atoms with Gasteiger partial charge in [0.2, 0.25) is 10.0 Å². The number of hydrogen-bond acceptors (Lipinski definition) is 5. The lowest BCUT2D eigenvalue weighted by molar-refractivity contribution is 0.546. The molecule has 0 spiro atoms. The summed E-state index contributed by atoms with van der Waals surface area (Å²) in [6.45, 7) is 0. The van der Waals surface area contributed by atoms with Crippen LogP contribution < -0.4 is 4.72 Å². The van der Waals surface area contributed by atoms with E-state index in [-0.39, 0.29) is 12.0 Å². The van der Waals surface area contributed by atoms with Crippen LogP contribution in [-0.4, -0.2) is 39.0 Å². The molecule has 0 amide bonds. The van der Waals surface area contributed by atoms with Gasteiger partial charge in [-0.25, -0.2) is 18.1 Å². The monoisotopic (exact) mass is 382 g/mol. The molecule has 3 aromatic heterocycles. The molecule has 2 atom stereocenters. The first kappa shape index (κ1) is 16.4. The molecule has 1 aliphatic rings. The Hall–Kier alpha value is -2.78. The summed E-state index contributed by atoms with van der Waals surface area (Å²) in [6.07, 6.45) is 5.86. The molecule has 8 nitrogen and oxygen atoms in total. The zero-order valence-electron chi connectivity index (χ0n) is 14.4. The van der Waals surface area contributed by atoms with Crippen molar-refractivity contribution in [1.82, 2.24) is 29.3 Å². The second-order valence-corrected chi connectivity index (χ2v) is 8.58. The van der Waals surface area contributed by atoms with E-state index in [0.29, 0.717) is 17.0 Å². The first-order chi connectivity index (χ1) is 13.1. The zero-order valence-corrected chi connectivity index (χ0v) is 15.2. The van der Waals surface area contributed by atoms with Crippen molar-refractivity contribution in [2.75, 3.05) is 0 Å². The van der Waals surface area contributed by atoms with Crippen LogP contribution in [0, 0.1) is 0 Å². The molecule has 0 saturated heterocycles. The third-order valence-electron chi connectivity index (χ3n) is 5.14. The maximum Gasteiger partial charge on any atom is 0.240 e. The molecule has 0 bridgehead atoms. The number of fused-ring (bicyclic) bond motifs is 3.